The topological polar surface area (TPSA) is 29.1 Å². The summed E-state index contributed by atoms with van der Waals surface area (Å²) in [5, 5.41) is 3.71. The van der Waals surface area contributed by atoms with Crippen LogP contribution < -0.4 is 5.32 Å². The normalized spacial score (nSPS) is 16.2. The van der Waals surface area contributed by atoms with E-state index >= 15 is 0 Å². The molecule has 3 heteroatoms. The first-order valence-corrected chi connectivity index (χ1v) is 8.35. The smallest absolute Gasteiger partial charge is 0.0441 e. The largest absolute Gasteiger partial charge is 0.309 e. The number of hydrogen-bond acceptors (Lipinski definition) is 2. The van der Waals surface area contributed by atoms with Gasteiger partial charge < -0.3 is 5.32 Å². The van der Waals surface area contributed by atoms with Crippen LogP contribution in [0.15, 0.2) is 24.3 Å². The molecule has 18 heavy (non-hydrogen) atoms. The Balaban J connectivity index is 2.62. The van der Waals surface area contributed by atoms with Gasteiger partial charge in [-0.15, -0.1) is 0 Å². The molecule has 3 unspecified atom stereocenters. The third-order valence-corrected chi connectivity index (χ3v) is 4.72. The molecule has 3 atom stereocenters. The summed E-state index contributed by atoms with van der Waals surface area (Å²) in [4.78, 5) is 0. The van der Waals surface area contributed by atoms with Crippen molar-refractivity contribution in [3.63, 3.8) is 0 Å². The standard InChI is InChI=1S/C15H25NOS/c1-5-13-7-9-14(10-8-13)15(6-2)16-11-12(3)18(4)17/h7-10,12,15-16H,5-6,11H2,1-4H3. The van der Waals surface area contributed by atoms with Gasteiger partial charge in [-0.25, -0.2) is 0 Å². The maximum Gasteiger partial charge on any atom is 0.0441 e. The van der Waals surface area contributed by atoms with E-state index in [1.54, 1.807) is 6.26 Å². The highest BCUT2D eigenvalue weighted by molar-refractivity contribution is 7.84. The predicted molar refractivity (Wildman–Crippen MR) is 80.4 cm³/mol. The Morgan fingerprint density at radius 3 is 2.28 bits per heavy atom. The maximum absolute atomic E-state index is 11.3. The van der Waals surface area contributed by atoms with Crippen molar-refractivity contribution in [1.82, 2.24) is 5.32 Å². The molecule has 1 N–H and O–H groups in total. The second-order valence-electron chi connectivity index (χ2n) is 4.77. The summed E-state index contributed by atoms with van der Waals surface area (Å²) < 4.78 is 11.3. The van der Waals surface area contributed by atoms with Crippen LogP contribution in [0.3, 0.4) is 0 Å². The average molecular weight is 267 g/mol. The predicted octanol–water partition coefficient (Wildman–Crippen LogP) is 3.06. The molecule has 1 rings (SSSR count). The van der Waals surface area contributed by atoms with E-state index in [-0.39, 0.29) is 5.25 Å². The van der Waals surface area contributed by atoms with Crippen LogP contribution >= 0.6 is 0 Å². The summed E-state index contributed by atoms with van der Waals surface area (Å²) in [6.45, 7) is 7.18. The van der Waals surface area contributed by atoms with Gasteiger partial charge in [-0.3, -0.25) is 4.21 Å². The fourth-order valence-electron chi connectivity index (χ4n) is 1.91. The molecule has 0 saturated carbocycles. The van der Waals surface area contributed by atoms with Crippen LogP contribution in [0.4, 0.5) is 0 Å². The van der Waals surface area contributed by atoms with Crippen molar-refractivity contribution in [1.29, 1.82) is 0 Å². The number of rotatable bonds is 7. The highest BCUT2D eigenvalue weighted by atomic mass is 32.2. The average Bonchev–Trinajstić information content (AvgIpc) is 2.39. The summed E-state index contributed by atoms with van der Waals surface area (Å²) in [5.74, 6) is 0. The lowest BCUT2D eigenvalue weighted by Crippen LogP contribution is -2.30. The number of nitrogens with one attached hydrogen (secondary N) is 1. The summed E-state index contributed by atoms with van der Waals surface area (Å²) in [7, 11) is -0.753. The van der Waals surface area contributed by atoms with Crippen molar-refractivity contribution in [2.24, 2.45) is 0 Å². The summed E-state index contributed by atoms with van der Waals surface area (Å²) >= 11 is 0. The first kappa shape index (κ1) is 15.4. The van der Waals surface area contributed by atoms with E-state index in [1.807, 2.05) is 6.92 Å². The van der Waals surface area contributed by atoms with Gasteiger partial charge in [0.1, 0.15) is 0 Å². The fraction of sp³-hybridized carbons (Fsp3) is 0.600. The zero-order valence-electron chi connectivity index (χ0n) is 11.9. The van der Waals surface area contributed by atoms with E-state index in [0.717, 1.165) is 19.4 Å². The second-order valence-corrected chi connectivity index (χ2v) is 6.58. The lowest BCUT2D eigenvalue weighted by molar-refractivity contribution is 0.518. The molecular weight excluding hydrogens is 242 g/mol. The molecule has 0 heterocycles. The Morgan fingerprint density at radius 1 is 1.22 bits per heavy atom. The van der Waals surface area contributed by atoms with Crippen LogP contribution in [0.5, 0.6) is 0 Å². The Kier molecular flexibility index (Phi) is 6.58. The van der Waals surface area contributed by atoms with Gasteiger partial charge >= 0.3 is 0 Å². The molecule has 0 aromatic heterocycles. The Morgan fingerprint density at radius 2 is 1.83 bits per heavy atom. The maximum atomic E-state index is 11.3. The fourth-order valence-corrected chi connectivity index (χ4v) is 2.24. The monoisotopic (exact) mass is 267 g/mol. The molecule has 1 aromatic rings. The lowest BCUT2D eigenvalue weighted by Gasteiger charge is -2.20. The van der Waals surface area contributed by atoms with Crippen LogP contribution in [0.2, 0.25) is 0 Å². The van der Waals surface area contributed by atoms with Crippen molar-refractivity contribution in [3.05, 3.63) is 35.4 Å². The number of aryl methyl sites for hydroxylation is 1. The molecule has 0 saturated heterocycles. The van der Waals surface area contributed by atoms with E-state index in [4.69, 9.17) is 0 Å². The lowest BCUT2D eigenvalue weighted by atomic mass is 10.0. The third kappa shape index (κ3) is 4.54. The van der Waals surface area contributed by atoms with Crippen LogP contribution in [0.25, 0.3) is 0 Å². The SMILES string of the molecule is CCc1ccc(C(CC)NCC(C)S(C)=O)cc1. The molecule has 1 aromatic carbocycles. The molecule has 0 radical (unpaired) electrons. The Bertz CT molecular complexity index is 375. The first-order chi connectivity index (χ1) is 8.58. The van der Waals surface area contributed by atoms with Gasteiger partial charge in [-0.1, -0.05) is 38.1 Å². The molecule has 102 valence electrons. The van der Waals surface area contributed by atoms with Crippen LogP contribution in [0, 0.1) is 0 Å². The molecule has 2 nitrogen and oxygen atoms in total. The molecule has 0 fully saturated rings. The van der Waals surface area contributed by atoms with Gasteiger partial charge in [0.2, 0.25) is 0 Å². The Hall–Kier alpha value is -0.670. The highest BCUT2D eigenvalue weighted by Crippen LogP contribution is 2.17. The molecule has 0 aliphatic heterocycles. The zero-order valence-corrected chi connectivity index (χ0v) is 12.7. The molecule has 0 bridgehead atoms. The van der Waals surface area contributed by atoms with Gasteiger partial charge in [-0.05, 0) is 30.9 Å². The molecule has 0 aliphatic rings. The van der Waals surface area contributed by atoms with Gasteiger partial charge in [-0.2, -0.15) is 0 Å². The van der Waals surface area contributed by atoms with E-state index in [0.29, 0.717) is 6.04 Å². The highest BCUT2D eigenvalue weighted by Gasteiger charge is 2.12. The van der Waals surface area contributed by atoms with E-state index in [1.165, 1.54) is 11.1 Å². The van der Waals surface area contributed by atoms with Crippen LogP contribution in [-0.4, -0.2) is 22.3 Å². The molecule has 0 aliphatic carbocycles. The van der Waals surface area contributed by atoms with Crippen molar-refractivity contribution in [2.75, 3.05) is 12.8 Å². The summed E-state index contributed by atoms with van der Waals surface area (Å²) in [5.41, 5.74) is 2.69. The molecule has 0 spiro atoms. The second kappa shape index (κ2) is 7.70. The van der Waals surface area contributed by atoms with Crippen molar-refractivity contribution in [3.8, 4) is 0 Å². The van der Waals surface area contributed by atoms with E-state index < -0.39 is 10.8 Å². The third-order valence-electron chi connectivity index (χ3n) is 3.42. The molecular formula is C15H25NOS. The van der Waals surface area contributed by atoms with Gasteiger partial charge in [0.25, 0.3) is 0 Å². The van der Waals surface area contributed by atoms with Gasteiger partial charge in [0, 0.05) is 34.9 Å². The van der Waals surface area contributed by atoms with E-state index in [2.05, 4.69) is 43.4 Å². The van der Waals surface area contributed by atoms with Gasteiger partial charge in [0.15, 0.2) is 0 Å². The number of hydrogen-bond donors (Lipinski definition) is 1. The minimum Gasteiger partial charge on any atom is -0.309 e. The van der Waals surface area contributed by atoms with Crippen molar-refractivity contribution in [2.45, 2.75) is 44.9 Å². The van der Waals surface area contributed by atoms with E-state index in [9.17, 15) is 4.21 Å². The zero-order chi connectivity index (χ0) is 13.5. The van der Waals surface area contributed by atoms with Crippen LogP contribution in [-0.2, 0) is 17.2 Å². The summed E-state index contributed by atoms with van der Waals surface area (Å²) in [6.07, 6.45) is 3.90. The molecule has 0 amide bonds. The quantitative estimate of drug-likeness (QED) is 0.822. The minimum absolute atomic E-state index is 0.203. The first-order valence-electron chi connectivity index (χ1n) is 6.72. The number of benzene rings is 1. The summed E-state index contributed by atoms with van der Waals surface area (Å²) in [6, 6.07) is 9.16. The van der Waals surface area contributed by atoms with Crippen molar-refractivity contribution < 1.29 is 4.21 Å². The van der Waals surface area contributed by atoms with Gasteiger partial charge in [0.05, 0.1) is 0 Å². The van der Waals surface area contributed by atoms with Crippen LogP contribution in [0.1, 0.15) is 44.4 Å². The minimum atomic E-state index is -0.753. The Labute approximate surface area is 114 Å². The van der Waals surface area contributed by atoms with Crippen molar-refractivity contribution >= 4 is 10.8 Å².